The number of amides is 1. The predicted molar refractivity (Wildman–Crippen MR) is 143 cm³/mol. The van der Waals surface area contributed by atoms with Crippen LogP contribution >= 0.6 is 0 Å². The number of hydrogen-bond donors (Lipinski definition) is 2. The molecule has 0 unspecified atom stereocenters. The largest absolute Gasteiger partial charge is 0.354 e. The highest BCUT2D eigenvalue weighted by Crippen LogP contribution is 2.28. The summed E-state index contributed by atoms with van der Waals surface area (Å²) in [6.07, 6.45) is 7.33. The molecule has 0 radical (unpaired) electrons. The highest BCUT2D eigenvalue weighted by Gasteiger charge is 2.17. The van der Waals surface area contributed by atoms with Gasteiger partial charge in [0.2, 0.25) is 0 Å². The van der Waals surface area contributed by atoms with Crippen molar-refractivity contribution in [2.24, 2.45) is 0 Å². The van der Waals surface area contributed by atoms with Gasteiger partial charge < -0.3 is 20.1 Å². The van der Waals surface area contributed by atoms with Crippen LogP contribution in [-0.2, 0) is 0 Å². The lowest BCUT2D eigenvalue weighted by Crippen LogP contribution is -2.44. The third-order valence-corrected chi connectivity index (χ3v) is 6.87. The first-order valence-electron chi connectivity index (χ1n) is 12.1. The summed E-state index contributed by atoms with van der Waals surface area (Å²) >= 11 is 0. The van der Waals surface area contributed by atoms with E-state index in [-0.39, 0.29) is 5.91 Å². The summed E-state index contributed by atoms with van der Waals surface area (Å²) in [6.45, 7) is 5.83. The van der Waals surface area contributed by atoms with Crippen LogP contribution in [0.1, 0.15) is 15.9 Å². The van der Waals surface area contributed by atoms with Crippen molar-refractivity contribution in [1.82, 2.24) is 24.8 Å². The summed E-state index contributed by atoms with van der Waals surface area (Å²) in [4.78, 5) is 34.2. The van der Waals surface area contributed by atoms with E-state index in [0.29, 0.717) is 11.4 Å². The Morgan fingerprint density at radius 3 is 2.64 bits per heavy atom. The zero-order chi connectivity index (χ0) is 24.6. The minimum atomic E-state index is -0.201. The van der Waals surface area contributed by atoms with Crippen molar-refractivity contribution in [1.29, 1.82) is 0 Å². The molecule has 2 N–H and O–H groups in total. The Morgan fingerprint density at radius 1 is 0.917 bits per heavy atom. The molecule has 1 fully saturated rings. The van der Waals surface area contributed by atoms with Crippen LogP contribution in [0, 0.1) is 6.92 Å². The third kappa shape index (κ3) is 4.27. The smallest absolute Gasteiger partial charge is 0.257 e. The van der Waals surface area contributed by atoms with Gasteiger partial charge in [0.15, 0.2) is 0 Å². The van der Waals surface area contributed by atoms with Gasteiger partial charge in [-0.15, -0.1) is 0 Å². The summed E-state index contributed by atoms with van der Waals surface area (Å²) in [5, 5.41) is 6.07. The Labute approximate surface area is 209 Å². The molecular weight excluding hydrogens is 450 g/mol. The van der Waals surface area contributed by atoms with E-state index in [9.17, 15) is 4.79 Å². The first kappa shape index (κ1) is 22.2. The van der Waals surface area contributed by atoms with E-state index in [0.717, 1.165) is 64.9 Å². The van der Waals surface area contributed by atoms with E-state index in [1.165, 1.54) is 5.56 Å². The van der Waals surface area contributed by atoms with Crippen LogP contribution in [0.3, 0.4) is 0 Å². The zero-order valence-electron chi connectivity index (χ0n) is 20.3. The predicted octanol–water partition coefficient (Wildman–Crippen LogP) is 4.49. The van der Waals surface area contributed by atoms with Gasteiger partial charge in [-0.2, -0.15) is 0 Å². The molecule has 1 amide bonds. The van der Waals surface area contributed by atoms with Crippen LogP contribution in [0.4, 0.5) is 11.6 Å². The highest BCUT2D eigenvalue weighted by molar-refractivity contribution is 6.05. The molecule has 5 aromatic rings. The van der Waals surface area contributed by atoms with Crippen LogP contribution in [0.15, 0.2) is 67.3 Å². The number of nitrogens with zero attached hydrogens (tertiary/aromatic N) is 5. The maximum Gasteiger partial charge on any atom is 0.257 e. The number of aryl methyl sites for hydroxylation is 1. The van der Waals surface area contributed by atoms with E-state index in [2.05, 4.69) is 67.2 Å². The average molecular weight is 478 g/mol. The van der Waals surface area contributed by atoms with Gasteiger partial charge in [-0.1, -0.05) is 12.1 Å². The Balaban J connectivity index is 1.24. The van der Waals surface area contributed by atoms with E-state index in [1.54, 1.807) is 18.5 Å². The van der Waals surface area contributed by atoms with Crippen molar-refractivity contribution in [2.45, 2.75) is 6.92 Å². The number of carbonyl (C=O) groups is 1. The second-order valence-electron chi connectivity index (χ2n) is 9.37. The lowest BCUT2D eigenvalue weighted by molar-refractivity contribution is 0.102. The van der Waals surface area contributed by atoms with E-state index < -0.39 is 0 Å². The normalized spacial score (nSPS) is 14.4. The summed E-state index contributed by atoms with van der Waals surface area (Å²) in [5.41, 5.74) is 4.73. The summed E-state index contributed by atoms with van der Waals surface area (Å²) < 4.78 is 0. The number of aromatic nitrogens is 4. The van der Waals surface area contributed by atoms with Crippen molar-refractivity contribution < 1.29 is 4.79 Å². The topological polar surface area (TPSA) is 90.0 Å². The van der Waals surface area contributed by atoms with Gasteiger partial charge in [-0.05, 0) is 60.8 Å². The standard InChI is InChI=1S/C28H27N7O/c1-18-15-31-27-24(18)12-23(17-32-27)19-3-4-21-16-30-25(13-22(21)11-19)33-28(36)20-5-6-29-26(14-20)35-9-7-34(2)8-10-35/h3-6,11-17H,7-10H2,1-2H3,(H,31,32)(H,30,33,36). The minimum absolute atomic E-state index is 0.201. The Morgan fingerprint density at radius 2 is 1.78 bits per heavy atom. The van der Waals surface area contributed by atoms with Crippen molar-refractivity contribution in [2.75, 3.05) is 43.4 Å². The molecule has 8 heteroatoms. The van der Waals surface area contributed by atoms with Gasteiger partial charge >= 0.3 is 0 Å². The molecule has 1 aliphatic rings. The Hall–Kier alpha value is -4.30. The van der Waals surface area contributed by atoms with E-state index in [1.807, 2.05) is 30.6 Å². The molecule has 1 saturated heterocycles. The molecule has 36 heavy (non-hydrogen) atoms. The number of aromatic amines is 1. The van der Waals surface area contributed by atoms with Gasteiger partial charge in [0, 0.05) is 72.9 Å². The first-order chi connectivity index (χ1) is 17.5. The van der Waals surface area contributed by atoms with Crippen LogP contribution in [0.2, 0.25) is 0 Å². The number of fused-ring (bicyclic) bond motifs is 2. The fourth-order valence-electron chi connectivity index (χ4n) is 4.64. The molecule has 0 spiro atoms. The summed E-state index contributed by atoms with van der Waals surface area (Å²) in [6, 6.07) is 13.9. The number of anilines is 2. The SMILES string of the molecule is Cc1c[nH]c2ncc(-c3ccc4cnc(NC(=O)c5ccnc(N6CCN(C)CC6)c5)cc4c3)cc12. The Bertz CT molecular complexity index is 1580. The molecule has 0 saturated carbocycles. The number of likely N-dealkylation sites (N-methyl/N-ethyl adjacent to an activating group) is 1. The number of carbonyl (C=O) groups excluding carboxylic acids is 1. The van der Waals surface area contributed by atoms with Crippen molar-refractivity contribution in [3.63, 3.8) is 0 Å². The quantitative estimate of drug-likeness (QED) is 0.397. The van der Waals surface area contributed by atoms with Gasteiger partial charge in [0.05, 0.1) is 0 Å². The lowest BCUT2D eigenvalue weighted by Gasteiger charge is -2.33. The molecular formula is C28H27N7O. The second kappa shape index (κ2) is 9.05. The fourth-order valence-corrected chi connectivity index (χ4v) is 4.64. The van der Waals surface area contributed by atoms with Gasteiger partial charge in [-0.3, -0.25) is 4.79 Å². The number of hydrogen-bond acceptors (Lipinski definition) is 6. The number of piperazine rings is 1. The van der Waals surface area contributed by atoms with Gasteiger partial charge in [0.1, 0.15) is 17.3 Å². The molecule has 1 aliphatic heterocycles. The summed E-state index contributed by atoms with van der Waals surface area (Å²) in [7, 11) is 2.12. The van der Waals surface area contributed by atoms with Gasteiger partial charge in [0.25, 0.3) is 5.91 Å². The van der Waals surface area contributed by atoms with Gasteiger partial charge in [-0.25, -0.2) is 15.0 Å². The maximum absolute atomic E-state index is 13.0. The number of benzene rings is 1. The summed E-state index contributed by atoms with van der Waals surface area (Å²) in [5.74, 6) is 1.14. The second-order valence-corrected chi connectivity index (χ2v) is 9.37. The highest BCUT2D eigenvalue weighted by atomic mass is 16.1. The lowest BCUT2D eigenvalue weighted by atomic mass is 10.0. The monoisotopic (exact) mass is 477 g/mol. The van der Waals surface area contributed by atoms with Crippen LogP contribution in [-0.4, -0.2) is 64.0 Å². The molecule has 0 bridgehead atoms. The molecule has 180 valence electrons. The molecule has 1 aromatic carbocycles. The van der Waals surface area contributed by atoms with Crippen molar-refractivity contribution >= 4 is 39.3 Å². The fraction of sp³-hybridized carbons (Fsp3) is 0.214. The molecule has 5 heterocycles. The molecule has 6 rings (SSSR count). The minimum Gasteiger partial charge on any atom is -0.354 e. The van der Waals surface area contributed by atoms with Crippen molar-refractivity contribution in [3.05, 3.63) is 78.4 Å². The van der Waals surface area contributed by atoms with E-state index >= 15 is 0 Å². The zero-order valence-corrected chi connectivity index (χ0v) is 20.3. The van der Waals surface area contributed by atoms with Crippen LogP contribution in [0.5, 0.6) is 0 Å². The first-order valence-corrected chi connectivity index (χ1v) is 12.1. The third-order valence-electron chi connectivity index (χ3n) is 6.87. The number of pyridine rings is 3. The number of rotatable bonds is 4. The number of H-pyrrole nitrogens is 1. The Kier molecular flexibility index (Phi) is 5.58. The molecule has 0 aliphatic carbocycles. The maximum atomic E-state index is 13.0. The van der Waals surface area contributed by atoms with Crippen LogP contribution < -0.4 is 10.2 Å². The molecule has 4 aromatic heterocycles. The number of nitrogens with one attached hydrogen (secondary N) is 2. The van der Waals surface area contributed by atoms with Crippen LogP contribution in [0.25, 0.3) is 32.9 Å². The molecule has 8 nitrogen and oxygen atoms in total. The van der Waals surface area contributed by atoms with Crippen molar-refractivity contribution in [3.8, 4) is 11.1 Å². The molecule has 0 atom stereocenters. The van der Waals surface area contributed by atoms with E-state index in [4.69, 9.17) is 0 Å². The average Bonchev–Trinajstić information content (AvgIpc) is 3.28.